The Morgan fingerprint density at radius 2 is 1.70 bits per heavy atom. The predicted octanol–water partition coefficient (Wildman–Crippen LogP) is 2.91. The van der Waals surface area contributed by atoms with Crippen molar-refractivity contribution in [2.75, 3.05) is 32.8 Å². The van der Waals surface area contributed by atoms with E-state index in [4.69, 9.17) is 27.9 Å². The number of sulfonamides is 1. The van der Waals surface area contributed by atoms with Crippen molar-refractivity contribution >= 4 is 39.1 Å². The number of nitrogens with zero attached hydrogens (tertiary/aromatic N) is 2. The van der Waals surface area contributed by atoms with Crippen molar-refractivity contribution in [3.8, 4) is 5.75 Å². The quantitative estimate of drug-likeness (QED) is 0.733. The molecule has 1 saturated heterocycles. The molecule has 0 aromatic heterocycles. The summed E-state index contributed by atoms with van der Waals surface area (Å²) in [5.41, 5.74) is 0. The van der Waals surface area contributed by atoms with Crippen LogP contribution in [0.4, 0.5) is 0 Å². The largest absolute Gasteiger partial charge is 0.484 e. The zero-order valence-corrected chi connectivity index (χ0v) is 16.7. The lowest BCUT2D eigenvalue weighted by Crippen LogP contribution is -2.51. The van der Waals surface area contributed by atoms with Crippen molar-refractivity contribution in [3.63, 3.8) is 0 Å². The van der Waals surface area contributed by atoms with Gasteiger partial charge in [-0.1, -0.05) is 41.4 Å². The highest BCUT2D eigenvalue weighted by Crippen LogP contribution is 2.25. The summed E-state index contributed by atoms with van der Waals surface area (Å²) in [6.07, 6.45) is 0. The number of ether oxygens (including phenoxy) is 1. The second kappa shape index (κ2) is 8.48. The normalized spacial score (nSPS) is 15.6. The minimum Gasteiger partial charge on any atom is -0.484 e. The summed E-state index contributed by atoms with van der Waals surface area (Å²) >= 11 is 11.9. The Morgan fingerprint density at radius 1 is 1.00 bits per heavy atom. The molecule has 0 N–H and O–H groups in total. The van der Waals surface area contributed by atoms with Crippen molar-refractivity contribution in [1.82, 2.24) is 9.21 Å². The lowest BCUT2D eigenvalue weighted by atomic mass is 10.3. The fourth-order valence-electron chi connectivity index (χ4n) is 2.76. The lowest BCUT2D eigenvalue weighted by molar-refractivity contribution is -0.134. The smallest absolute Gasteiger partial charge is 0.260 e. The Kier molecular flexibility index (Phi) is 6.26. The summed E-state index contributed by atoms with van der Waals surface area (Å²) in [5.74, 6) is 0.306. The molecule has 0 radical (unpaired) electrons. The van der Waals surface area contributed by atoms with Gasteiger partial charge in [-0.05, 0) is 30.3 Å². The standard InChI is InChI=1S/C18H18Cl2N2O4S/c19-14-4-3-5-15(12-14)26-13-18(23)21-8-10-22(11-9-21)27(24,25)17-7-2-1-6-16(17)20/h1-7,12H,8-11,13H2. The molecule has 0 bridgehead atoms. The molecule has 9 heteroatoms. The van der Waals surface area contributed by atoms with Gasteiger partial charge in [-0.15, -0.1) is 0 Å². The minimum absolute atomic E-state index is 0.0794. The zero-order chi connectivity index (χ0) is 19.4. The number of carbonyl (C=O) groups excluding carboxylic acids is 1. The van der Waals surface area contributed by atoms with Gasteiger partial charge in [0.05, 0.1) is 5.02 Å². The molecule has 6 nitrogen and oxygen atoms in total. The molecule has 0 atom stereocenters. The van der Waals surface area contributed by atoms with E-state index < -0.39 is 10.0 Å². The fraction of sp³-hybridized carbons (Fsp3) is 0.278. The zero-order valence-electron chi connectivity index (χ0n) is 14.3. The van der Waals surface area contributed by atoms with E-state index in [1.54, 1.807) is 47.4 Å². The summed E-state index contributed by atoms with van der Waals surface area (Å²) in [6, 6.07) is 13.1. The molecular formula is C18H18Cl2N2O4S. The maximum atomic E-state index is 12.7. The van der Waals surface area contributed by atoms with Crippen LogP contribution in [-0.4, -0.2) is 56.3 Å². The predicted molar refractivity (Wildman–Crippen MR) is 104 cm³/mol. The molecule has 1 fully saturated rings. The van der Waals surface area contributed by atoms with E-state index in [-0.39, 0.29) is 35.5 Å². The van der Waals surface area contributed by atoms with E-state index in [0.717, 1.165) is 0 Å². The highest BCUT2D eigenvalue weighted by Gasteiger charge is 2.31. The Labute approximate surface area is 168 Å². The molecule has 1 aliphatic rings. The third kappa shape index (κ3) is 4.73. The third-order valence-electron chi connectivity index (χ3n) is 4.20. The molecule has 0 saturated carbocycles. The van der Waals surface area contributed by atoms with Crippen LogP contribution in [0.5, 0.6) is 5.75 Å². The summed E-state index contributed by atoms with van der Waals surface area (Å²) in [4.78, 5) is 14.0. The molecule has 3 rings (SSSR count). The van der Waals surface area contributed by atoms with Crippen LogP contribution >= 0.6 is 23.2 Å². The van der Waals surface area contributed by atoms with Gasteiger partial charge in [-0.25, -0.2) is 8.42 Å². The van der Waals surface area contributed by atoms with Crippen LogP contribution in [0, 0.1) is 0 Å². The number of carbonyl (C=O) groups is 1. The Morgan fingerprint density at radius 3 is 2.37 bits per heavy atom. The van der Waals surface area contributed by atoms with Crippen LogP contribution in [0.15, 0.2) is 53.4 Å². The molecule has 1 heterocycles. The van der Waals surface area contributed by atoms with Crippen molar-refractivity contribution < 1.29 is 17.9 Å². The van der Waals surface area contributed by atoms with E-state index in [1.165, 1.54) is 10.4 Å². The van der Waals surface area contributed by atoms with Gasteiger partial charge < -0.3 is 9.64 Å². The molecule has 2 aromatic rings. The number of benzene rings is 2. The summed E-state index contributed by atoms with van der Waals surface area (Å²) in [7, 11) is -3.68. The second-order valence-corrected chi connectivity index (χ2v) is 8.71. The number of amides is 1. The second-order valence-electron chi connectivity index (χ2n) is 5.96. The van der Waals surface area contributed by atoms with Gasteiger partial charge in [0.1, 0.15) is 10.6 Å². The van der Waals surface area contributed by atoms with Gasteiger partial charge in [0.25, 0.3) is 5.91 Å². The molecule has 0 aliphatic carbocycles. The molecule has 144 valence electrons. The van der Waals surface area contributed by atoms with Crippen LogP contribution in [0.25, 0.3) is 0 Å². The van der Waals surface area contributed by atoms with Gasteiger partial charge in [0.2, 0.25) is 10.0 Å². The number of piperazine rings is 1. The molecular weight excluding hydrogens is 411 g/mol. The van der Waals surface area contributed by atoms with Crippen LogP contribution in [0.2, 0.25) is 10.0 Å². The molecule has 0 unspecified atom stereocenters. The van der Waals surface area contributed by atoms with E-state index in [2.05, 4.69) is 0 Å². The highest BCUT2D eigenvalue weighted by molar-refractivity contribution is 7.89. The Bertz CT molecular complexity index is 928. The van der Waals surface area contributed by atoms with Gasteiger partial charge in [-0.3, -0.25) is 4.79 Å². The first-order valence-electron chi connectivity index (χ1n) is 8.29. The first-order valence-corrected chi connectivity index (χ1v) is 10.5. The number of hydrogen-bond donors (Lipinski definition) is 0. The van der Waals surface area contributed by atoms with E-state index in [1.807, 2.05) is 0 Å². The Hall–Kier alpha value is -1.80. The van der Waals surface area contributed by atoms with Crippen LogP contribution < -0.4 is 4.74 Å². The molecule has 27 heavy (non-hydrogen) atoms. The maximum absolute atomic E-state index is 12.7. The van der Waals surface area contributed by atoms with Gasteiger partial charge in [0, 0.05) is 31.2 Å². The van der Waals surface area contributed by atoms with Gasteiger partial charge in [-0.2, -0.15) is 4.31 Å². The van der Waals surface area contributed by atoms with Crippen LogP contribution in [-0.2, 0) is 14.8 Å². The first-order chi connectivity index (χ1) is 12.9. The van der Waals surface area contributed by atoms with E-state index in [0.29, 0.717) is 23.9 Å². The monoisotopic (exact) mass is 428 g/mol. The third-order valence-corrected chi connectivity index (χ3v) is 6.84. The lowest BCUT2D eigenvalue weighted by Gasteiger charge is -2.34. The SMILES string of the molecule is O=C(COc1cccc(Cl)c1)N1CCN(S(=O)(=O)c2ccccc2Cl)CC1. The van der Waals surface area contributed by atoms with Crippen LogP contribution in [0.3, 0.4) is 0 Å². The Balaban J connectivity index is 1.57. The molecule has 1 aliphatic heterocycles. The van der Waals surface area contributed by atoms with Crippen molar-refractivity contribution in [2.24, 2.45) is 0 Å². The molecule has 1 amide bonds. The average molecular weight is 429 g/mol. The van der Waals surface area contributed by atoms with Crippen molar-refractivity contribution in [3.05, 3.63) is 58.6 Å². The average Bonchev–Trinajstić information content (AvgIpc) is 2.66. The highest BCUT2D eigenvalue weighted by atomic mass is 35.5. The number of halogens is 2. The summed E-state index contributed by atoms with van der Waals surface area (Å²) < 4.78 is 32.3. The van der Waals surface area contributed by atoms with E-state index in [9.17, 15) is 13.2 Å². The maximum Gasteiger partial charge on any atom is 0.260 e. The van der Waals surface area contributed by atoms with Crippen LogP contribution in [0.1, 0.15) is 0 Å². The van der Waals surface area contributed by atoms with Crippen molar-refractivity contribution in [2.45, 2.75) is 4.90 Å². The van der Waals surface area contributed by atoms with E-state index >= 15 is 0 Å². The fourth-order valence-corrected chi connectivity index (χ4v) is 4.86. The number of rotatable bonds is 5. The van der Waals surface area contributed by atoms with Gasteiger partial charge >= 0.3 is 0 Å². The number of hydrogen-bond acceptors (Lipinski definition) is 4. The summed E-state index contributed by atoms with van der Waals surface area (Å²) in [6.45, 7) is 0.868. The minimum atomic E-state index is -3.68. The first kappa shape index (κ1) is 19.9. The molecule has 2 aromatic carbocycles. The topological polar surface area (TPSA) is 66.9 Å². The van der Waals surface area contributed by atoms with Crippen molar-refractivity contribution in [1.29, 1.82) is 0 Å². The van der Waals surface area contributed by atoms with Gasteiger partial charge in [0.15, 0.2) is 6.61 Å². The summed E-state index contributed by atoms with van der Waals surface area (Å²) in [5, 5.41) is 0.712. The molecule has 0 spiro atoms.